The normalized spacial score (nSPS) is 10.7. The highest BCUT2D eigenvalue weighted by Crippen LogP contribution is 2.20. The molecule has 0 aliphatic rings. The van der Waals surface area contributed by atoms with Gasteiger partial charge in [0.15, 0.2) is 6.61 Å². The Labute approximate surface area is 157 Å². The first-order valence-corrected chi connectivity index (χ1v) is 8.63. The van der Waals surface area contributed by atoms with Gasteiger partial charge in [-0.25, -0.2) is 0 Å². The summed E-state index contributed by atoms with van der Waals surface area (Å²) in [7, 11) is 0. The maximum atomic E-state index is 12.1. The molecule has 7 heteroatoms. The van der Waals surface area contributed by atoms with Crippen molar-refractivity contribution in [1.29, 1.82) is 0 Å². The van der Waals surface area contributed by atoms with Crippen LogP contribution in [0.25, 0.3) is 0 Å². The summed E-state index contributed by atoms with van der Waals surface area (Å²) >= 11 is 0. The fourth-order valence-corrected chi connectivity index (χ4v) is 2.13. The Hall–Kier alpha value is -2.83. The van der Waals surface area contributed by atoms with E-state index < -0.39 is 6.61 Å². The summed E-state index contributed by atoms with van der Waals surface area (Å²) in [6.07, 6.45) is 0.953. The number of ether oxygens (including phenoxy) is 3. The molecule has 5 nitrogen and oxygen atoms in total. The van der Waals surface area contributed by atoms with E-state index in [4.69, 9.17) is 9.47 Å². The summed E-state index contributed by atoms with van der Waals surface area (Å²) in [5.74, 6) is 1.41. The molecule has 1 amide bonds. The minimum Gasteiger partial charge on any atom is -0.493 e. The Balaban J connectivity index is 1.79. The van der Waals surface area contributed by atoms with Crippen LogP contribution in [0.1, 0.15) is 20.3 Å². The summed E-state index contributed by atoms with van der Waals surface area (Å²) in [4.78, 5) is 12.0. The molecule has 0 aliphatic carbocycles. The van der Waals surface area contributed by atoms with E-state index in [1.165, 1.54) is 24.3 Å². The monoisotopic (exact) mass is 379 g/mol. The third-order valence-electron chi connectivity index (χ3n) is 3.50. The van der Waals surface area contributed by atoms with Crippen molar-refractivity contribution in [3.8, 4) is 17.2 Å². The van der Waals surface area contributed by atoms with Gasteiger partial charge in [-0.2, -0.15) is 8.78 Å². The zero-order valence-electron chi connectivity index (χ0n) is 15.3. The van der Waals surface area contributed by atoms with E-state index in [-0.39, 0.29) is 18.3 Å². The van der Waals surface area contributed by atoms with Crippen LogP contribution in [-0.4, -0.2) is 25.7 Å². The molecule has 27 heavy (non-hydrogen) atoms. The highest BCUT2D eigenvalue weighted by molar-refractivity contribution is 5.91. The lowest BCUT2D eigenvalue weighted by molar-refractivity contribution is -0.118. The average molecular weight is 379 g/mol. The Bertz CT molecular complexity index is 720. The van der Waals surface area contributed by atoms with Gasteiger partial charge in [0.1, 0.15) is 17.2 Å². The number of amides is 1. The summed E-state index contributed by atoms with van der Waals surface area (Å²) in [5.41, 5.74) is 0.455. The van der Waals surface area contributed by atoms with Gasteiger partial charge < -0.3 is 19.5 Å². The molecule has 0 fully saturated rings. The molecule has 0 aliphatic heterocycles. The number of alkyl halides is 2. The molecule has 0 atom stereocenters. The standard InChI is InChI=1S/C20H23F2NO4/c1-14(2)10-11-25-17-4-3-5-18(12-17)26-13-19(24)23-15-6-8-16(9-7-15)27-20(21)22/h3-9,12,14,20H,10-11,13H2,1-2H3,(H,23,24). The SMILES string of the molecule is CC(C)CCOc1cccc(OCC(=O)Nc2ccc(OC(F)F)cc2)c1. The highest BCUT2D eigenvalue weighted by Gasteiger charge is 2.07. The third-order valence-corrected chi connectivity index (χ3v) is 3.50. The molecule has 1 N–H and O–H groups in total. The van der Waals surface area contributed by atoms with Crippen molar-refractivity contribution in [2.45, 2.75) is 26.9 Å². The highest BCUT2D eigenvalue weighted by atomic mass is 19.3. The van der Waals surface area contributed by atoms with Crippen LogP contribution >= 0.6 is 0 Å². The van der Waals surface area contributed by atoms with Gasteiger partial charge in [-0.15, -0.1) is 0 Å². The van der Waals surface area contributed by atoms with Crippen molar-refractivity contribution in [3.63, 3.8) is 0 Å². The van der Waals surface area contributed by atoms with Gasteiger partial charge in [0.2, 0.25) is 0 Å². The molecule has 0 spiro atoms. The lowest BCUT2D eigenvalue weighted by Crippen LogP contribution is -2.20. The molecule has 0 saturated heterocycles. The van der Waals surface area contributed by atoms with Crippen molar-refractivity contribution in [2.75, 3.05) is 18.5 Å². The maximum absolute atomic E-state index is 12.1. The smallest absolute Gasteiger partial charge is 0.387 e. The van der Waals surface area contributed by atoms with Crippen molar-refractivity contribution < 1.29 is 27.8 Å². The van der Waals surface area contributed by atoms with Gasteiger partial charge in [0.25, 0.3) is 5.91 Å². The third kappa shape index (κ3) is 7.94. The van der Waals surface area contributed by atoms with Crippen LogP contribution in [-0.2, 0) is 4.79 Å². The van der Waals surface area contributed by atoms with E-state index in [1.807, 2.05) is 6.07 Å². The molecule has 0 saturated carbocycles. The van der Waals surface area contributed by atoms with Crippen LogP contribution < -0.4 is 19.5 Å². The second kappa shape index (κ2) is 10.4. The first-order chi connectivity index (χ1) is 12.9. The lowest BCUT2D eigenvalue weighted by Gasteiger charge is -2.11. The van der Waals surface area contributed by atoms with Crippen LogP contribution in [0.15, 0.2) is 48.5 Å². The molecule has 0 heterocycles. The van der Waals surface area contributed by atoms with Gasteiger partial charge in [0.05, 0.1) is 6.61 Å². The largest absolute Gasteiger partial charge is 0.493 e. The van der Waals surface area contributed by atoms with Crippen molar-refractivity contribution in [2.24, 2.45) is 5.92 Å². The number of rotatable bonds is 10. The molecule has 0 unspecified atom stereocenters. The van der Waals surface area contributed by atoms with E-state index in [9.17, 15) is 13.6 Å². The minimum absolute atomic E-state index is 0.0218. The Morgan fingerprint density at radius 1 is 1.00 bits per heavy atom. The van der Waals surface area contributed by atoms with Crippen LogP contribution in [0.5, 0.6) is 17.2 Å². The average Bonchev–Trinajstić information content (AvgIpc) is 2.61. The number of hydrogen-bond acceptors (Lipinski definition) is 4. The number of hydrogen-bond donors (Lipinski definition) is 1. The molecule has 0 radical (unpaired) electrons. The zero-order valence-corrected chi connectivity index (χ0v) is 15.3. The predicted molar refractivity (Wildman–Crippen MR) is 98.6 cm³/mol. The van der Waals surface area contributed by atoms with E-state index in [2.05, 4.69) is 23.9 Å². The second-order valence-electron chi connectivity index (χ2n) is 6.25. The van der Waals surface area contributed by atoms with Gasteiger partial charge in [-0.3, -0.25) is 4.79 Å². The predicted octanol–water partition coefficient (Wildman–Crippen LogP) is 4.73. The Morgan fingerprint density at radius 2 is 1.67 bits per heavy atom. The van der Waals surface area contributed by atoms with E-state index in [0.29, 0.717) is 29.7 Å². The van der Waals surface area contributed by atoms with Crippen molar-refractivity contribution >= 4 is 11.6 Å². The molecule has 2 rings (SSSR count). The minimum atomic E-state index is -2.89. The molecule has 0 aromatic heterocycles. The first-order valence-electron chi connectivity index (χ1n) is 8.63. The fraction of sp³-hybridized carbons (Fsp3) is 0.350. The molecule has 146 valence electrons. The van der Waals surface area contributed by atoms with E-state index in [0.717, 1.165) is 6.42 Å². The quantitative estimate of drug-likeness (QED) is 0.648. The number of carbonyl (C=O) groups is 1. The van der Waals surface area contributed by atoms with Gasteiger partial charge >= 0.3 is 6.61 Å². The van der Waals surface area contributed by atoms with Crippen LogP contribution in [0.4, 0.5) is 14.5 Å². The second-order valence-corrected chi connectivity index (χ2v) is 6.25. The van der Waals surface area contributed by atoms with E-state index in [1.54, 1.807) is 18.2 Å². The lowest BCUT2D eigenvalue weighted by atomic mass is 10.1. The molecular weight excluding hydrogens is 356 g/mol. The van der Waals surface area contributed by atoms with Gasteiger partial charge in [-0.05, 0) is 48.7 Å². The van der Waals surface area contributed by atoms with Crippen LogP contribution in [0, 0.1) is 5.92 Å². The fourth-order valence-electron chi connectivity index (χ4n) is 2.13. The van der Waals surface area contributed by atoms with Crippen LogP contribution in [0.2, 0.25) is 0 Å². The summed E-state index contributed by atoms with van der Waals surface area (Å²) in [6.45, 7) is 1.79. The van der Waals surface area contributed by atoms with Crippen LogP contribution in [0.3, 0.4) is 0 Å². The summed E-state index contributed by atoms with van der Waals surface area (Å²) in [5, 5.41) is 2.62. The van der Waals surface area contributed by atoms with E-state index >= 15 is 0 Å². The Kier molecular flexibility index (Phi) is 7.85. The number of carbonyl (C=O) groups excluding carboxylic acids is 1. The molecule has 2 aromatic rings. The number of halogens is 2. The number of anilines is 1. The number of nitrogens with one attached hydrogen (secondary N) is 1. The van der Waals surface area contributed by atoms with Gasteiger partial charge in [0, 0.05) is 11.8 Å². The topological polar surface area (TPSA) is 56.8 Å². The maximum Gasteiger partial charge on any atom is 0.387 e. The number of benzene rings is 2. The molecular formula is C20H23F2NO4. The Morgan fingerprint density at radius 3 is 2.30 bits per heavy atom. The zero-order chi connectivity index (χ0) is 19.6. The summed E-state index contributed by atoms with van der Waals surface area (Å²) in [6, 6.07) is 12.7. The van der Waals surface area contributed by atoms with Gasteiger partial charge in [-0.1, -0.05) is 19.9 Å². The van der Waals surface area contributed by atoms with Crippen molar-refractivity contribution in [3.05, 3.63) is 48.5 Å². The molecule has 0 bridgehead atoms. The first kappa shape index (κ1) is 20.5. The molecule has 2 aromatic carbocycles. The van der Waals surface area contributed by atoms with Crippen molar-refractivity contribution in [1.82, 2.24) is 0 Å². The summed E-state index contributed by atoms with van der Waals surface area (Å²) < 4.78 is 39.6.